The second-order valence-corrected chi connectivity index (χ2v) is 9.32. The van der Waals surface area contributed by atoms with E-state index < -0.39 is 22.7 Å². The van der Waals surface area contributed by atoms with Gasteiger partial charge in [0.05, 0.1) is 10.7 Å². The number of amides is 2. The van der Waals surface area contributed by atoms with Crippen LogP contribution in [0.5, 0.6) is 0 Å². The fraction of sp³-hybridized carbons (Fsp3) is 0.733. The predicted molar refractivity (Wildman–Crippen MR) is 93.4 cm³/mol. The van der Waals surface area contributed by atoms with Crippen LogP contribution in [-0.4, -0.2) is 52.7 Å². The number of hydrogen-bond acceptors (Lipinski definition) is 9. The summed E-state index contributed by atoms with van der Waals surface area (Å²) < 4.78 is 9.60. The number of hydroxylamine groups is 2. The highest BCUT2D eigenvalue weighted by Gasteiger charge is 2.34. The third kappa shape index (κ3) is 8.00. The normalized spacial score (nSPS) is 14.8. The van der Waals surface area contributed by atoms with Gasteiger partial charge in [0, 0.05) is 18.6 Å². The molecular formula is C15H23NO7S2. The van der Waals surface area contributed by atoms with Crippen molar-refractivity contribution in [1.82, 2.24) is 5.06 Å². The highest BCUT2D eigenvalue weighted by atomic mass is 33.1. The van der Waals surface area contributed by atoms with E-state index in [-0.39, 0.29) is 31.3 Å². The molecule has 0 aromatic rings. The Morgan fingerprint density at radius 1 is 1.16 bits per heavy atom. The molecule has 0 saturated carbocycles. The summed E-state index contributed by atoms with van der Waals surface area (Å²) in [5, 5.41) is 0.445. The van der Waals surface area contributed by atoms with Crippen molar-refractivity contribution < 1.29 is 33.5 Å². The summed E-state index contributed by atoms with van der Waals surface area (Å²) in [6.45, 7) is 7.62. The Kier molecular flexibility index (Phi) is 8.57. The maximum Gasteiger partial charge on any atom is 0.534 e. The van der Waals surface area contributed by atoms with Crippen LogP contribution >= 0.6 is 21.6 Å². The third-order valence-electron chi connectivity index (χ3n) is 2.88. The number of hydrogen-bond donors (Lipinski definition) is 0. The Bertz CT molecular complexity index is 506. The average Bonchev–Trinajstić information content (AvgIpc) is 2.84. The number of ether oxygens (including phenoxy) is 2. The van der Waals surface area contributed by atoms with Crippen LogP contribution in [0.2, 0.25) is 0 Å². The van der Waals surface area contributed by atoms with Gasteiger partial charge in [-0.3, -0.25) is 19.2 Å². The van der Waals surface area contributed by atoms with Crippen molar-refractivity contribution in [2.75, 3.05) is 19.0 Å². The van der Waals surface area contributed by atoms with Crippen LogP contribution in [-0.2, 0) is 28.7 Å². The third-order valence-corrected chi connectivity index (χ3v) is 6.10. The summed E-state index contributed by atoms with van der Waals surface area (Å²) in [7, 11) is 2.96. The average molecular weight is 393 g/mol. The van der Waals surface area contributed by atoms with Crippen LogP contribution < -0.4 is 0 Å². The van der Waals surface area contributed by atoms with Crippen molar-refractivity contribution in [3.05, 3.63) is 0 Å². The van der Waals surface area contributed by atoms with Gasteiger partial charge in [0.15, 0.2) is 0 Å². The van der Waals surface area contributed by atoms with E-state index in [4.69, 9.17) is 9.47 Å². The van der Waals surface area contributed by atoms with Gasteiger partial charge < -0.3 is 9.47 Å². The van der Waals surface area contributed by atoms with E-state index in [9.17, 15) is 19.2 Å². The van der Waals surface area contributed by atoms with Crippen LogP contribution in [0.25, 0.3) is 0 Å². The van der Waals surface area contributed by atoms with E-state index in [1.165, 1.54) is 21.6 Å². The minimum absolute atomic E-state index is 0.0332. The molecular weight excluding hydrogens is 370 g/mol. The Labute approximate surface area is 154 Å². The van der Waals surface area contributed by atoms with Gasteiger partial charge in [-0.05, 0) is 13.8 Å². The van der Waals surface area contributed by atoms with Crippen LogP contribution in [0.3, 0.4) is 0 Å². The molecule has 0 N–H and O–H groups in total. The van der Waals surface area contributed by atoms with Gasteiger partial charge >= 0.3 is 12.1 Å². The van der Waals surface area contributed by atoms with Gasteiger partial charge in [-0.25, -0.2) is 4.79 Å². The van der Waals surface area contributed by atoms with Crippen molar-refractivity contribution in [3.8, 4) is 0 Å². The quantitative estimate of drug-likeness (QED) is 0.253. The molecule has 142 valence electrons. The Morgan fingerprint density at radius 3 is 2.32 bits per heavy atom. The first kappa shape index (κ1) is 21.6. The van der Waals surface area contributed by atoms with Crippen molar-refractivity contribution >= 4 is 45.5 Å². The minimum atomic E-state index is -1.09. The predicted octanol–water partition coefficient (Wildman–Crippen LogP) is 2.56. The van der Waals surface area contributed by atoms with Crippen LogP contribution in [0, 0.1) is 5.92 Å². The molecule has 1 heterocycles. The minimum Gasteiger partial charge on any atom is -0.465 e. The first-order chi connectivity index (χ1) is 11.6. The Morgan fingerprint density at radius 2 is 1.76 bits per heavy atom. The van der Waals surface area contributed by atoms with Crippen LogP contribution in [0.1, 0.15) is 40.5 Å². The lowest BCUT2D eigenvalue weighted by Gasteiger charge is -2.23. The molecule has 1 aliphatic heterocycles. The first-order valence-corrected chi connectivity index (χ1v) is 10.1. The second-order valence-electron chi connectivity index (χ2n) is 6.20. The van der Waals surface area contributed by atoms with Crippen molar-refractivity contribution in [2.24, 2.45) is 5.92 Å². The molecule has 0 aromatic heterocycles. The summed E-state index contributed by atoms with van der Waals surface area (Å²) in [5.41, 5.74) is 0. The Hall–Kier alpha value is -1.42. The molecule has 1 rings (SSSR count). The summed E-state index contributed by atoms with van der Waals surface area (Å²) in [4.78, 5) is 50.2. The fourth-order valence-electron chi connectivity index (χ4n) is 1.56. The van der Waals surface area contributed by atoms with Crippen LogP contribution in [0.4, 0.5) is 4.79 Å². The molecule has 0 aliphatic carbocycles. The smallest absolute Gasteiger partial charge is 0.465 e. The lowest BCUT2D eigenvalue weighted by Crippen LogP contribution is -2.34. The molecule has 10 heteroatoms. The standard InChI is InChI=1S/C15H23NO7S2/c1-10(2)13(19)21-7-8-24-25-15(3,4)9-22-14(20)23-16-11(17)5-6-12(16)18/h10H,5-9H2,1-4H3. The lowest BCUT2D eigenvalue weighted by atomic mass is 10.2. The molecule has 1 saturated heterocycles. The summed E-state index contributed by atoms with van der Waals surface area (Å²) >= 11 is 0. The molecule has 1 fully saturated rings. The van der Waals surface area contributed by atoms with Gasteiger partial charge in [0.1, 0.15) is 13.2 Å². The molecule has 25 heavy (non-hydrogen) atoms. The number of esters is 1. The van der Waals surface area contributed by atoms with Gasteiger partial charge in [0.2, 0.25) is 0 Å². The Balaban J connectivity index is 2.21. The molecule has 0 atom stereocenters. The molecule has 8 nitrogen and oxygen atoms in total. The molecule has 0 radical (unpaired) electrons. The molecule has 0 aromatic carbocycles. The largest absolute Gasteiger partial charge is 0.534 e. The second kappa shape index (κ2) is 9.91. The summed E-state index contributed by atoms with van der Waals surface area (Å²) in [5.74, 6) is -0.887. The highest BCUT2D eigenvalue weighted by molar-refractivity contribution is 8.77. The van der Waals surface area contributed by atoms with E-state index in [1.54, 1.807) is 13.8 Å². The fourth-order valence-corrected chi connectivity index (χ4v) is 3.78. The zero-order valence-corrected chi connectivity index (χ0v) is 16.4. The SMILES string of the molecule is CC(C)C(=O)OCCSSC(C)(C)COC(=O)ON1C(=O)CCC1=O. The van der Waals surface area contributed by atoms with Gasteiger partial charge in [-0.15, -0.1) is 0 Å². The van der Waals surface area contributed by atoms with Crippen molar-refractivity contribution in [1.29, 1.82) is 0 Å². The number of carbonyl (C=O) groups excluding carboxylic acids is 4. The molecule has 2 amide bonds. The maximum absolute atomic E-state index is 11.6. The monoisotopic (exact) mass is 393 g/mol. The number of imide groups is 1. The van der Waals surface area contributed by atoms with Gasteiger partial charge in [0.25, 0.3) is 11.8 Å². The van der Waals surface area contributed by atoms with E-state index >= 15 is 0 Å². The lowest BCUT2D eigenvalue weighted by molar-refractivity contribution is -0.177. The maximum atomic E-state index is 11.6. The molecule has 0 bridgehead atoms. The summed E-state index contributed by atoms with van der Waals surface area (Å²) in [6, 6.07) is 0. The highest BCUT2D eigenvalue weighted by Crippen LogP contribution is 2.35. The van der Waals surface area contributed by atoms with Gasteiger partial charge in [-0.2, -0.15) is 0 Å². The molecule has 0 unspecified atom stereocenters. The van der Waals surface area contributed by atoms with Crippen LogP contribution in [0.15, 0.2) is 0 Å². The number of carbonyl (C=O) groups is 4. The molecule has 1 aliphatic rings. The summed E-state index contributed by atoms with van der Waals surface area (Å²) in [6.07, 6.45) is -1.02. The van der Waals surface area contributed by atoms with E-state index in [0.717, 1.165) is 0 Å². The topological polar surface area (TPSA) is 99.2 Å². The molecule has 0 spiro atoms. The van der Waals surface area contributed by atoms with E-state index in [0.29, 0.717) is 17.4 Å². The zero-order valence-electron chi connectivity index (χ0n) is 14.7. The number of rotatable bonds is 9. The van der Waals surface area contributed by atoms with E-state index in [1.807, 2.05) is 13.8 Å². The van der Waals surface area contributed by atoms with Gasteiger partial charge in [-0.1, -0.05) is 40.5 Å². The first-order valence-electron chi connectivity index (χ1n) is 7.80. The van der Waals surface area contributed by atoms with Crippen molar-refractivity contribution in [3.63, 3.8) is 0 Å². The van der Waals surface area contributed by atoms with Crippen molar-refractivity contribution in [2.45, 2.75) is 45.3 Å². The number of nitrogens with zero attached hydrogens (tertiary/aromatic N) is 1. The van der Waals surface area contributed by atoms with E-state index in [2.05, 4.69) is 4.84 Å². The zero-order chi connectivity index (χ0) is 19.0.